The highest BCUT2D eigenvalue weighted by Gasteiger charge is 2.09. The van der Waals surface area contributed by atoms with Crippen molar-refractivity contribution in [2.24, 2.45) is 5.73 Å². The molecule has 2 rings (SSSR count). The highest BCUT2D eigenvalue weighted by Crippen LogP contribution is 2.21. The molecule has 2 aromatic carbocycles. The van der Waals surface area contributed by atoms with Crippen molar-refractivity contribution < 1.29 is 14.0 Å². The quantitative estimate of drug-likeness (QED) is 0.810. The summed E-state index contributed by atoms with van der Waals surface area (Å²) < 4.78 is 12.9. The lowest BCUT2D eigenvalue weighted by Crippen LogP contribution is -2.22. The molecule has 4 N–H and O–H groups in total. The first-order valence-electron chi connectivity index (χ1n) is 6.67. The monoisotopic (exact) mass is 301 g/mol. The van der Waals surface area contributed by atoms with Crippen molar-refractivity contribution in [2.75, 3.05) is 17.2 Å². The standard InChI is InChI=1S/C16H16FN3O2/c1-10-2-7-13(19-15(21)9-18)8-14(10)20-16(22)11-3-5-12(17)6-4-11/h2-8H,9,18H2,1H3,(H,19,21)(H,20,22). The molecule has 0 spiro atoms. The van der Waals surface area contributed by atoms with E-state index >= 15 is 0 Å². The largest absolute Gasteiger partial charge is 0.325 e. The Kier molecular flexibility index (Phi) is 4.85. The zero-order chi connectivity index (χ0) is 16.1. The molecule has 0 saturated heterocycles. The van der Waals surface area contributed by atoms with Gasteiger partial charge in [0.05, 0.1) is 6.54 Å². The SMILES string of the molecule is Cc1ccc(NC(=O)CN)cc1NC(=O)c1ccc(F)cc1. The number of nitrogens with two attached hydrogens (primary N) is 1. The number of nitrogens with one attached hydrogen (secondary N) is 2. The number of aryl methyl sites for hydroxylation is 1. The van der Waals surface area contributed by atoms with Gasteiger partial charge in [-0.05, 0) is 48.9 Å². The molecule has 22 heavy (non-hydrogen) atoms. The number of anilines is 2. The minimum atomic E-state index is -0.403. The third-order valence-corrected chi connectivity index (χ3v) is 3.06. The van der Waals surface area contributed by atoms with Gasteiger partial charge in [0.25, 0.3) is 5.91 Å². The fraction of sp³-hybridized carbons (Fsp3) is 0.125. The Morgan fingerprint density at radius 1 is 1.09 bits per heavy atom. The smallest absolute Gasteiger partial charge is 0.255 e. The molecule has 0 aliphatic carbocycles. The first-order valence-corrected chi connectivity index (χ1v) is 6.67. The molecule has 0 aromatic heterocycles. The second-order valence-electron chi connectivity index (χ2n) is 4.74. The molecule has 2 aromatic rings. The summed E-state index contributed by atoms with van der Waals surface area (Å²) in [5.41, 5.74) is 7.52. The number of carbonyl (C=O) groups is 2. The van der Waals surface area contributed by atoms with Crippen LogP contribution in [0.25, 0.3) is 0 Å². The number of rotatable bonds is 4. The maximum Gasteiger partial charge on any atom is 0.255 e. The molecule has 0 saturated carbocycles. The summed E-state index contributed by atoms with van der Waals surface area (Å²) in [6.07, 6.45) is 0. The van der Waals surface area contributed by atoms with Crippen LogP contribution in [0.3, 0.4) is 0 Å². The lowest BCUT2D eigenvalue weighted by atomic mass is 10.1. The van der Waals surface area contributed by atoms with Crippen molar-refractivity contribution in [3.05, 3.63) is 59.4 Å². The van der Waals surface area contributed by atoms with Crippen LogP contribution in [0.2, 0.25) is 0 Å². The van der Waals surface area contributed by atoms with Crippen LogP contribution in [-0.2, 0) is 4.79 Å². The second kappa shape index (κ2) is 6.82. The third-order valence-electron chi connectivity index (χ3n) is 3.06. The van der Waals surface area contributed by atoms with Gasteiger partial charge in [-0.25, -0.2) is 4.39 Å². The molecule has 0 unspecified atom stereocenters. The van der Waals surface area contributed by atoms with Gasteiger partial charge < -0.3 is 16.4 Å². The highest BCUT2D eigenvalue weighted by molar-refractivity contribution is 6.05. The number of hydrogen-bond acceptors (Lipinski definition) is 3. The number of hydrogen-bond donors (Lipinski definition) is 3. The van der Waals surface area contributed by atoms with Gasteiger partial charge >= 0.3 is 0 Å². The van der Waals surface area contributed by atoms with Gasteiger partial charge in [-0.15, -0.1) is 0 Å². The Morgan fingerprint density at radius 3 is 2.41 bits per heavy atom. The predicted molar refractivity (Wildman–Crippen MR) is 83.2 cm³/mol. The topological polar surface area (TPSA) is 84.2 Å². The summed E-state index contributed by atoms with van der Waals surface area (Å²) in [6.45, 7) is 1.71. The van der Waals surface area contributed by atoms with E-state index in [1.807, 2.05) is 6.92 Å². The van der Waals surface area contributed by atoms with Crippen LogP contribution < -0.4 is 16.4 Å². The average Bonchev–Trinajstić information content (AvgIpc) is 2.51. The van der Waals surface area contributed by atoms with E-state index in [2.05, 4.69) is 10.6 Å². The minimum absolute atomic E-state index is 0.120. The van der Waals surface area contributed by atoms with Gasteiger partial charge in [-0.3, -0.25) is 9.59 Å². The summed E-state index contributed by atoms with van der Waals surface area (Å²) in [6, 6.07) is 10.4. The first-order chi connectivity index (χ1) is 10.5. The molecule has 0 aliphatic rings. The molecule has 0 atom stereocenters. The molecule has 114 valence electrons. The van der Waals surface area contributed by atoms with Crippen LogP contribution in [0.5, 0.6) is 0 Å². The lowest BCUT2D eigenvalue weighted by molar-refractivity contribution is -0.114. The maximum absolute atomic E-state index is 12.9. The van der Waals surface area contributed by atoms with E-state index in [4.69, 9.17) is 5.73 Å². The van der Waals surface area contributed by atoms with Crippen molar-refractivity contribution >= 4 is 23.2 Å². The summed E-state index contributed by atoms with van der Waals surface area (Å²) in [5, 5.41) is 5.35. The molecular formula is C16H16FN3O2. The van der Waals surface area contributed by atoms with E-state index in [-0.39, 0.29) is 18.4 Å². The summed E-state index contributed by atoms with van der Waals surface area (Å²) in [7, 11) is 0. The van der Waals surface area contributed by atoms with Gasteiger partial charge in [-0.1, -0.05) is 6.07 Å². The van der Waals surface area contributed by atoms with Gasteiger partial charge in [-0.2, -0.15) is 0 Å². The molecule has 5 nitrogen and oxygen atoms in total. The van der Waals surface area contributed by atoms with Crippen LogP contribution in [0.15, 0.2) is 42.5 Å². The molecule has 6 heteroatoms. The molecule has 0 aliphatic heterocycles. The third kappa shape index (κ3) is 3.89. The lowest BCUT2D eigenvalue weighted by Gasteiger charge is -2.11. The summed E-state index contributed by atoms with van der Waals surface area (Å²) in [4.78, 5) is 23.4. The van der Waals surface area contributed by atoms with Crippen molar-refractivity contribution in [3.8, 4) is 0 Å². The number of amides is 2. The van der Waals surface area contributed by atoms with Crippen molar-refractivity contribution in [3.63, 3.8) is 0 Å². The Labute approximate surface area is 127 Å². The van der Waals surface area contributed by atoms with Gasteiger partial charge in [0.15, 0.2) is 0 Å². The fourth-order valence-electron chi connectivity index (χ4n) is 1.84. The first kappa shape index (κ1) is 15.7. The summed E-state index contributed by atoms with van der Waals surface area (Å²) >= 11 is 0. The minimum Gasteiger partial charge on any atom is -0.325 e. The van der Waals surface area contributed by atoms with E-state index in [0.717, 1.165) is 5.56 Å². The van der Waals surface area contributed by atoms with E-state index < -0.39 is 5.82 Å². The number of halogens is 1. The molecule has 0 radical (unpaired) electrons. The molecule has 2 amide bonds. The summed E-state index contributed by atoms with van der Waals surface area (Å²) in [5.74, 6) is -1.08. The van der Waals surface area contributed by atoms with Gasteiger partial charge in [0, 0.05) is 16.9 Å². The van der Waals surface area contributed by atoms with Crippen molar-refractivity contribution in [2.45, 2.75) is 6.92 Å². The van der Waals surface area contributed by atoms with E-state index in [1.165, 1.54) is 24.3 Å². The van der Waals surface area contributed by atoms with Crippen LogP contribution in [0.4, 0.5) is 15.8 Å². The van der Waals surface area contributed by atoms with E-state index in [0.29, 0.717) is 16.9 Å². The van der Waals surface area contributed by atoms with Crippen LogP contribution in [0, 0.1) is 12.7 Å². The molecule has 0 heterocycles. The predicted octanol–water partition coefficient (Wildman–Crippen LogP) is 2.28. The molecular weight excluding hydrogens is 285 g/mol. The van der Waals surface area contributed by atoms with Crippen LogP contribution in [-0.4, -0.2) is 18.4 Å². The zero-order valence-corrected chi connectivity index (χ0v) is 12.0. The normalized spacial score (nSPS) is 10.1. The second-order valence-corrected chi connectivity index (χ2v) is 4.74. The van der Waals surface area contributed by atoms with Gasteiger partial charge in [0.2, 0.25) is 5.91 Å². The highest BCUT2D eigenvalue weighted by atomic mass is 19.1. The molecule has 0 bridgehead atoms. The van der Waals surface area contributed by atoms with Crippen molar-refractivity contribution in [1.82, 2.24) is 0 Å². The van der Waals surface area contributed by atoms with Crippen LogP contribution in [0.1, 0.15) is 15.9 Å². The Hall–Kier alpha value is -2.73. The zero-order valence-electron chi connectivity index (χ0n) is 12.0. The van der Waals surface area contributed by atoms with Gasteiger partial charge in [0.1, 0.15) is 5.82 Å². The van der Waals surface area contributed by atoms with Crippen molar-refractivity contribution in [1.29, 1.82) is 0 Å². The Bertz CT molecular complexity index is 699. The fourth-order valence-corrected chi connectivity index (χ4v) is 1.84. The Morgan fingerprint density at radius 2 is 1.77 bits per heavy atom. The molecule has 0 fully saturated rings. The van der Waals surface area contributed by atoms with E-state index in [1.54, 1.807) is 18.2 Å². The van der Waals surface area contributed by atoms with E-state index in [9.17, 15) is 14.0 Å². The number of benzene rings is 2. The average molecular weight is 301 g/mol. The Balaban J connectivity index is 2.17. The van der Waals surface area contributed by atoms with Crippen LogP contribution >= 0.6 is 0 Å². The maximum atomic E-state index is 12.9. The number of carbonyl (C=O) groups excluding carboxylic acids is 2.